The summed E-state index contributed by atoms with van der Waals surface area (Å²) in [4.78, 5) is 20.2. The Kier molecular flexibility index (Phi) is 2.50. The molecule has 1 fully saturated rings. The Morgan fingerprint density at radius 2 is 2.12 bits per heavy atom. The minimum Gasteiger partial charge on any atom is -0.344 e. The molecule has 1 saturated heterocycles. The van der Waals surface area contributed by atoms with Crippen molar-refractivity contribution >= 4 is 22.9 Å². The van der Waals surface area contributed by atoms with Crippen molar-refractivity contribution in [2.45, 2.75) is 0 Å². The molecular formula is C3H6N2O2S. The van der Waals surface area contributed by atoms with Crippen LogP contribution in [-0.4, -0.2) is 16.9 Å². The molecule has 1 aliphatic heterocycles. The van der Waals surface area contributed by atoms with Gasteiger partial charge in [0.1, 0.15) is 0 Å². The van der Waals surface area contributed by atoms with Crippen LogP contribution in [-0.2, 0) is 4.79 Å². The number of thioether (sulfide) groups is 1. The summed E-state index contributed by atoms with van der Waals surface area (Å²) in [6.07, 6.45) is 0. The first-order valence-corrected chi connectivity index (χ1v) is 2.74. The number of carbonyl (C=O) groups is 2. The van der Waals surface area contributed by atoms with E-state index >= 15 is 0 Å². The molecule has 0 bridgehead atoms. The lowest BCUT2D eigenvalue weighted by Gasteiger charge is -1.77. The van der Waals surface area contributed by atoms with Gasteiger partial charge in [-0.1, -0.05) is 11.8 Å². The molecule has 0 aromatic rings. The van der Waals surface area contributed by atoms with Gasteiger partial charge in [-0.05, 0) is 0 Å². The molecule has 1 rings (SSSR count). The summed E-state index contributed by atoms with van der Waals surface area (Å²) in [7, 11) is 0. The smallest absolute Gasteiger partial charge is 0.286 e. The number of amides is 2. The molecule has 8 heavy (non-hydrogen) atoms. The van der Waals surface area contributed by atoms with Crippen LogP contribution < -0.4 is 11.5 Å². The van der Waals surface area contributed by atoms with E-state index in [1.54, 1.807) is 0 Å². The molecule has 0 aliphatic carbocycles. The molecule has 0 aromatic carbocycles. The third kappa shape index (κ3) is 1.51. The molecule has 2 amide bonds. The van der Waals surface area contributed by atoms with Crippen LogP contribution in [0.3, 0.4) is 0 Å². The van der Waals surface area contributed by atoms with E-state index in [1.165, 1.54) is 0 Å². The average molecular weight is 134 g/mol. The van der Waals surface area contributed by atoms with Crippen LogP contribution in [0.1, 0.15) is 0 Å². The van der Waals surface area contributed by atoms with Crippen LogP contribution >= 0.6 is 11.8 Å². The summed E-state index contributed by atoms with van der Waals surface area (Å²) in [5.74, 6) is 0.105. The Hall–Kier alpha value is -0.550. The van der Waals surface area contributed by atoms with Crippen molar-refractivity contribution in [3.05, 3.63) is 0 Å². The Balaban J connectivity index is 0.000000490. The second kappa shape index (κ2) is 2.68. The Bertz CT molecular complexity index is 110. The van der Waals surface area contributed by atoms with Crippen molar-refractivity contribution in [1.82, 2.24) is 11.5 Å². The standard InChI is InChI=1S/C3H3NO2S.H3N/c5-2-1-7-3(6)4-2;/h1H2,(H,4,5,6);1H3. The van der Waals surface area contributed by atoms with E-state index in [1.807, 2.05) is 0 Å². The van der Waals surface area contributed by atoms with E-state index in [0.717, 1.165) is 11.8 Å². The lowest BCUT2D eigenvalue weighted by atomic mass is 10.7. The molecule has 4 N–H and O–H groups in total. The van der Waals surface area contributed by atoms with E-state index < -0.39 is 0 Å². The van der Waals surface area contributed by atoms with Crippen LogP contribution in [0.25, 0.3) is 0 Å². The van der Waals surface area contributed by atoms with Crippen molar-refractivity contribution in [3.8, 4) is 0 Å². The van der Waals surface area contributed by atoms with Gasteiger partial charge in [-0.3, -0.25) is 14.9 Å². The Morgan fingerprint density at radius 3 is 2.25 bits per heavy atom. The van der Waals surface area contributed by atoms with E-state index in [-0.39, 0.29) is 17.3 Å². The van der Waals surface area contributed by atoms with Crippen LogP contribution in [0.15, 0.2) is 0 Å². The van der Waals surface area contributed by atoms with Gasteiger partial charge in [0.15, 0.2) is 0 Å². The molecule has 4 nitrogen and oxygen atoms in total. The van der Waals surface area contributed by atoms with E-state index in [9.17, 15) is 9.59 Å². The molecule has 0 saturated carbocycles. The summed E-state index contributed by atoms with van der Waals surface area (Å²) in [5.41, 5.74) is 0. The molecule has 0 aromatic heterocycles. The maximum Gasteiger partial charge on any atom is 0.286 e. The summed E-state index contributed by atoms with van der Waals surface area (Å²) >= 11 is 1.01. The van der Waals surface area contributed by atoms with Crippen molar-refractivity contribution in [1.29, 1.82) is 0 Å². The van der Waals surface area contributed by atoms with Gasteiger partial charge >= 0.3 is 0 Å². The minimum absolute atomic E-state index is 0. The number of imide groups is 1. The molecule has 0 spiro atoms. The normalized spacial score (nSPS) is 17.5. The number of rotatable bonds is 0. The Morgan fingerprint density at radius 1 is 1.50 bits per heavy atom. The highest BCUT2D eigenvalue weighted by Gasteiger charge is 2.16. The van der Waals surface area contributed by atoms with Crippen molar-refractivity contribution < 1.29 is 9.59 Å². The first kappa shape index (κ1) is 7.45. The zero-order valence-corrected chi connectivity index (χ0v) is 4.96. The third-order valence-electron chi connectivity index (χ3n) is 0.576. The first-order chi connectivity index (χ1) is 3.29. The fraction of sp³-hybridized carbons (Fsp3) is 0.333. The van der Waals surface area contributed by atoms with E-state index in [0.29, 0.717) is 5.75 Å². The molecule has 0 atom stereocenters. The van der Waals surface area contributed by atoms with Crippen LogP contribution in [0, 0.1) is 0 Å². The van der Waals surface area contributed by atoms with Crippen molar-refractivity contribution in [3.63, 3.8) is 0 Å². The van der Waals surface area contributed by atoms with Gasteiger partial charge in [-0.15, -0.1) is 0 Å². The predicted molar refractivity (Wildman–Crippen MR) is 31.0 cm³/mol. The van der Waals surface area contributed by atoms with Gasteiger partial charge in [0.2, 0.25) is 5.91 Å². The monoisotopic (exact) mass is 134 g/mol. The second-order valence-electron chi connectivity index (χ2n) is 1.12. The van der Waals surface area contributed by atoms with Crippen LogP contribution in [0.4, 0.5) is 4.79 Å². The zero-order valence-electron chi connectivity index (χ0n) is 4.14. The SMILES string of the molecule is N.O=C1CSC(=O)N1. The lowest BCUT2D eigenvalue weighted by Crippen LogP contribution is -2.18. The number of hydrogen-bond acceptors (Lipinski definition) is 4. The zero-order chi connectivity index (χ0) is 5.28. The van der Waals surface area contributed by atoms with Gasteiger partial charge in [-0.25, -0.2) is 0 Å². The van der Waals surface area contributed by atoms with Gasteiger partial charge in [0.25, 0.3) is 5.24 Å². The highest BCUT2D eigenvalue weighted by molar-refractivity contribution is 8.14. The summed E-state index contributed by atoms with van der Waals surface area (Å²) < 4.78 is 0. The first-order valence-electron chi connectivity index (χ1n) is 1.75. The molecule has 5 heteroatoms. The maximum absolute atomic E-state index is 10.1. The largest absolute Gasteiger partial charge is 0.344 e. The molecule has 1 aliphatic rings. The number of hydrogen-bond donors (Lipinski definition) is 2. The van der Waals surface area contributed by atoms with Crippen molar-refractivity contribution in [2.24, 2.45) is 0 Å². The van der Waals surface area contributed by atoms with Crippen LogP contribution in [0.5, 0.6) is 0 Å². The molecule has 1 heterocycles. The number of nitrogens with one attached hydrogen (secondary N) is 1. The van der Waals surface area contributed by atoms with Crippen LogP contribution in [0.2, 0.25) is 0 Å². The van der Waals surface area contributed by atoms with Crippen molar-refractivity contribution in [2.75, 3.05) is 5.75 Å². The molecule has 0 radical (unpaired) electrons. The Labute approximate surface area is 50.6 Å². The van der Waals surface area contributed by atoms with E-state index in [2.05, 4.69) is 5.32 Å². The summed E-state index contributed by atoms with van der Waals surface area (Å²) in [5, 5.41) is 1.87. The fourth-order valence-electron chi connectivity index (χ4n) is 0.317. The van der Waals surface area contributed by atoms with Gasteiger partial charge in [0.05, 0.1) is 5.75 Å². The molecule has 0 unspecified atom stereocenters. The van der Waals surface area contributed by atoms with Gasteiger partial charge in [-0.2, -0.15) is 0 Å². The van der Waals surface area contributed by atoms with E-state index in [4.69, 9.17) is 0 Å². The maximum atomic E-state index is 10.1. The van der Waals surface area contributed by atoms with Gasteiger partial charge in [0, 0.05) is 0 Å². The summed E-state index contributed by atoms with van der Waals surface area (Å²) in [6, 6.07) is 0. The lowest BCUT2D eigenvalue weighted by molar-refractivity contribution is -0.117. The quantitative estimate of drug-likeness (QED) is 0.493. The highest BCUT2D eigenvalue weighted by atomic mass is 32.2. The minimum atomic E-state index is -0.231. The van der Waals surface area contributed by atoms with Gasteiger partial charge < -0.3 is 6.15 Å². The second-order valence-corrected chi connectivity index (χ2v) is 2.07. The highest BCUT2D eigenvalue weighted by Crippen LogP contribution is 2.06. The topological polar surface area (TPSA) is 81.2 Å². The fourth-order valence-corrected chi connectivity index (χ4v) is 0.837. The summed E-state index contributed by atoms with van der Waals surface area (Å²) in [6.45, 7) is 0. The number of carbonyl (C=O) groups excluding carboxylic acids is 2. The average Bonchev–Trinajstić information content (AvgIpc) is 1.87. The molecular weight excluding hydrogens is 128 g/mol. The predicted octanol–water partition coefficient (Wildman–Crippen LogP) is 0.131. The third-order valence-corrected chi connectivity index (χ3v) is 1.35. The molecule has 46 valence electrons.